The maximum atomic E-state index is 14.9. The summed E-state index contributed by atoms with van der Waals surface area (Å²) in [6, 6.07) is 25.7. The van der Waals surface area contributed by atoms with Gasteiger partial charge in [0.2, 0.25) is 11.8 Å². The third-order valence-electron chi connectivity index (χ3n) is 6.86. The molecule has 11 heteroatoms. The fourth-order valence-electron chi connectivity index (χ4n) is 4.54. The number of hydrogen-bond acceptors (Lipinski definition) is 5. The lowest BCUT2D eigenvalue weighted by atomic mass is 10.0. The minimum Gasteiger partial charge on any atom is -0.497 e. The summed E-state index contributed by atoms with van der Waals surface area (Å²) in [5, 5.41) is 2.97. The number of benzene rings is 4. The summed E-state index contributed by atoms with van der Waals surface area (Å²) < 4.78 is 48.9. The Bertz CT molecular complexity index is 1650. The van der Waals surface area contributed by atoms with E-state index in [1.54, 1.807) is 6.07 Å². The van der Waals surface area contributed by atoms with E-state index >= 15 is 0 Å². The second kappa shape index (κ2) is 14.2. The number of carbonyl (C=O) groups excluding carboxylic acids is 2. The van der Waals surface area contributed by atoms with Gasteiger partial charge >= 0.3 is 0 Å². The summed E-state index contributed by atoms with van der Waals surface area (Å²) in [7, 11) is -1.39. The van der Waals surface area contributed by atoms with Crippen molar-refractivity contribution in [3.63, 3.8) is 0 Å². The van der Waals surface area contributed by atoms with Crippen LogP contribution < -0.4 is 14.4 Å². The average molecular weight is 624 g/mol. The van der Waals surface area contributed by atoms with Crippen molar-refractivity contribution in [2.75, 3.05) is 25.0 Å². The summed E-state index contributed by atoms with van der Waals surface area (Å²) in [6.07, 6.45) is 0.118. The van der Waals surface area contributed by atoms with Gasteiger partial charge in [-0.2, -0.15) is 0 Å². The number of carbonyl (C=O) groups is 2. The van der Waals surface area contributed by atoms with E-state index in [2.05, 4.69) is 5.32 Å². The van der Waals surface area contributed by atoms with Crippen molar-refractivity contribution in [1.29, 1.82) is 0 Å². The molecule has 4 aromatic rings. The first kappa shape index (κ1) is 31.5. The predicted octanol–water partition coefficient (Wildman–Crippen LogP) is 5.07. The molecule has 0 aliphatic carbocycles. The Morgan fingerprint density at radius 1 is 0.907 bits per heavy atom. The number of methoxy groups -OCH3 is 1. The summed E-state index contributed by atoms with van der Waals surface area (Å²) in [6.45, 7) is -0.944. The van der Waals surface area contributed by atoms with E-state index in [9.17, 15) is 22.4 Å². The molecule has 0 aliphatic rings. The molecule has 0 fully saturated rings. The van der Waals surface area contributed by atoms with Gasteiger partial charge in [-0.3, -0.25) is 13.9 Å². The predicted molar refractivity (Wildman–Crippen MR) is 164 cm³/mol. The molecule has 224 valence electrons. The highest BCUT2D eigenvalue weighted by Crippen LogP contribution is 2.27. The maximum Gasteiger partial charge on any atom is 0.264 e. The molecular formula is C32H31ClFN3O5S. The van der Waals surface area contributed by atoms with Crippen LogP contribution in [0.25, 0.3) is 0 Å². The molecule has 0 aliphatic heterocycles. The molecular weight excluding hydrogens is 593 g/mol. The SMILES string of the molecule is CNC(=O)C(Cc1ccccc1)N(Cc1ccccc1F)C(=O)CN(c1ccc(Cl)cc1)S(=O)(=O)c1ccc(OC)cc1. The maximum absolute atomic E-state index is 14.9. The molecule has 0 saturated heterocycles. The van der Waals surface area contributed by atoms with Gasteiger partial charge in [0.1, 0.15) is 24.2 Å². The van der Waals surface area contributed by atoms with E-state index in [1.165, 1.54) is 85.8 Å². The van der Waals surface area contributed by atoms with Gasteiger partial charge in [-0.25, -0.2) is 12.8 Å². The molecule has 8 nitrogen and oxygen atoms in total. The Hall–Kier alpha value is -4.41. The van der Waals surface area contributed by atoms with Crippen LogP contribution in [0.4, 0.5) is 10.1 Å². The molecule has 0 heterocycles. The molecule has 0 radical (unpaired) electrons. The van der Waals surface area contributed by atoms with E-state index < -0.39 is 40.2 Å². The lowest BCUT2D eigenvalue weighted by molar-refractivity contribution is -0.139. The fraction of sp³-hybridized carbons (Fsp3) is 0.188. The fourth-order valence-corrected chi connectivity index (χ4v) is 6.08. The van der Waals surface area contributed by atoms with Crippen molar-refractivity contribution in [2.45, 2.75) is 23.9 Å². The molecule has 0 saturated carbocycles. The molecule has 1 unspecified atom stereocenters. The highest BCUT2D eigenvalue weighted by atomic mass is 35.5. The molecule has 0 bridgehead atoms. The first-order chi connectivity index (χ1) is 20.6. The normalized spacial score (nSPS) is 11.8. The van der Waals surface area contributed by atoms with Crippen molar-refractivity contribution in [3.8, 4) is 5.75 Å². The number of anilines is 1. The van der Waals surface area contributed by atoms with Crippen LogP contribution >= 0.6 is 11.6 Å². The highest BCUT2D eigenvalue weighted by Gasteiger charge is 2.34. The molecule has 43 heavy (non-hydrogen) atoms. The zero-order valence-corrected chi connectivity index (χ0v) is 25.2. The first-order valence-corrected chi connectivity index (χ1v) is 15.2. The molecule has 0 spiro atoms. The van der Waals surface area contributed by atoms with E-state index in [1.807, 2.05) is 30.3 Å². The average Bonchev–Trinajstić information content (AvgIpc) is 3.02. The standard InChI is InChI=1S/C32H31ClFN3O5S/c1-35-32(39)30(20-23-8-4-3-5-9-23)36(21-24-10-6-7-11-29(24)34)31(38)22-37(26-14-12-25(33)13-15-26)43(40,41)28-18-16-27(42-2)17-19-28/h3-19,30H,20-22H2,1-2H3,(H,35,39). The van der Waals surface area contributed by atoms with E-state index in [-0.39, 0.29) is 29.1 Å². The third-order valence-corrected chi connectivity index (χ3v) is 8.90. The number of likely N-dealkylation sites (N-methyl/N-ethyl adjacent to an activating group) is 1. The minimum absolute atomic E-state index is 0.0798. The van der Waals surface area contributed by atoms with Crippen LogP contribution in [0.5, 0.6) is 5.75 Å². The molecule has 4 aromatic carbocycles. The van der Waals surface area contributed by atoms with Crippen LogP contribution in [0, 0.1) is 5.82 Å². The van der Waals surface area contributed by atoms with Crippen molar-refractivity contribution in [3.05, 3.63) is 125 Å². The number of sulfonamides is 1. The quantitative estimate of drug-likeness (QED) is 0.238. The number of ether oxygens (including phenoxy) is 1. The molecule has 4 rings (SSSR count). The first-order valence-electron chi connectivity index (χ1n) is 13.3. The second-order valence-corrected chi connectivity index (χ2v) is 11.9. The van der Waals surface area contributed by atoms with E-state index in [0.717, 1.165) is 9.87 Å². The van der Waals surface area contributed by atoms with Crippen LogP contribution in [-0.2, 0) is 32.6 Å². The minimum atomic E-state index is -4.30. The van der Waals surface area contributed by atoms with Crippen LogP contribution in [0.2, 0.25) is 5.02 Å². The van der Waals surface area contributed by atoms with E-state index in [4.69, 9.17) is 16.3 Å². The Morgan fingerprint density at radius 2 is 1.53 bits per heavy atom. The van der Waals surface area contributed by atoms with Gasteiger partial charge in [0.05, 0.1) is 17.7 Å². The number of rotatable bonds is 12. The molecule has 2 amide bonds. The second-order valence-electron chi connectivity index (χ2n) is 9.60. The van der Waals surface area contributed by atoms with Crippen LogP contribution in [0.1, 0.15) is 11.1 Å². The third kappa shape index (κ3) is 7.71. The van der Waals surface area contributed by atoms with Crippen molar-refractivity contribution < 1.29 is 27.1 Å². The van der Waals surface area contributed by atoms with E-state index in [0.29, 0.717) is 10.8 Å². The summed E-state index contributed by atoms with van der Waals surface area (Å²) in [5.74, 6) is -1.29. The van der Waals surface area contributed by atoms with Crippen LogP contribution in [0.3, 0.4) is 0 Å². The monoisotopic (exact) mass is 623 g/mol. The largest absolute Gasteiger partial charge is 0.497 e. The Morgan fingerprint density at radius 3 is 2.14 bits per heavy atom. The summed E-state index contributed by atoms with van der Waals surface area (Å²) in [4.78, 5) is 28.6. The Kier molecular flexibility index (Phi) is 10.4. The van der Waals surface area contributed by atoms with Crippen molar-refractivity contribution in [1.82, 2.24) is 10.2 Å². The number of nitrogens with one attached hydrogen (secondary N) is 1. The lowest BCUT2D eigenvalue weighted by Crippen LogP contribution is -2.53. The summed E-state index contributed by atoms with van der Waals surface area (Å²) >= 11 is 6.07. The number of amides is 2. The number of nitrogens with zero attached hydrogens (tertiary/aromatic N) is 2. The smallest absolute Gasteiger partial charge is 0.264 e. The van der Waals surface area contributed by atoms with Gasteiger partial charge in [-0.15, -0.1) is 0 Å². The lowest BCUT2D eigenvalue weighted by Gasteiger charge is -2.33. The highest BCUT2D eigenvalue weighted by molar-refractivity contribution is 7.92. The van der Waals surface area contributed by atoms with Gasteiger partial charge in [-0.1, -0.05) is 60.1 Å². The van der Waals surface area contributed by atoms with Gasteiger partial charge in [0.25, 0.3) is 10.0 Å². The molecule has 1 atom stereocenters. The zero-order valence-electron chi connectivity index (χ0n) is 23.6. The van der Waals surface area contributed by atoms with Crippen LogP contribution in [0.15, 0.2) is 108 Å². The van der Waals surface area contributed by atoms with Crippen molar-refractivity contribution in [2.24, 2.45) is 0 Å². The Labute approximate surface area is 255 Å². The van der Waals surface area contributed by atoms with Crippen molar-refractivity contribution >= 4 is 39.1 Å². The van der Waals surface area contributed by atoms with Gasteiger partial charge in [-0.05, 0) is 60.2 Å². The molecule has 0 aromatic heterocycles. The summed E-state index contributed by atoms with van der Waals surface area (Å²) in [5.41, 5.74) is 1.12. The zero-order chi connectivity index (χ0) is 31.0. The van der Waals surface area contributed by atoms with Gasteiger partial charge < -0.3 is 15.0 Å². The van der Waals surface area contributed by atoms with Crippen LogP contribution in [-0.4, -0.2) is 51.9 Å². The van der Waals surface area contributed by atoms with Gasteiger partial charge in [0, 0.05) is 30.6 Å². The van der Waals surface area contributed by atoms with Gasteiger partial charge in [0.15, 0.2) is 0 Å². The molecule has 1 N–H and O–H groups in total. The number of hydrogen-bond donors (Lipinski definition) is 1. The topological polar surface area (TPSA) is 96.0 Å². The Balaban J connectivity index is 1.79. The number of halogens is 2.